The first-order chi connectivity index (χ1) is 9.66. The average molecular weight is 300 g/mol. The molecule has 0 bridgehead atoms. The summed E-state index contributed by atoms with van der Waals surface area (Å²) in [5.41, 5.74) is 0.0507. The summed E-state index contributed by atoms with van der Waals surface area (Å²) in [6, 6.07) is 0.341. The van der Waals surface area contributed by atoms with Gasteiger partial charge in [-0.2, -0.15) is 0 Å². The summed E-state index contributed by atoms with van der Waals surface area (Å²) >= 11 is 0. The lowest BCUT2D eigenvalue weighted by molar-refractivity contribution is -0.137. The van der Waals surface area contributed by atoms with E-state index >= 15 is 0 Å². The Hall–Kier alpha value is -1.10. The van der Waals surface area contributed by atoms with Crippen molar-refractivity contribution in [3.63, 3.8) is 0 Å². The summed E-state index contributed by atoms with van der Waals surface area (Å²) < 4.78 is 0. The van der Waals surface area contributed by atoms with Crippen molar-refractivity contribution in [1.82, 2.24) is 10.6 Å². The number of carboxylic acids is 1. The molecule has 2 unspecified atom stereocenters. The molecule has 5 nitrogen and oxygen atoms in total. The lowest BCUT2D eigenvalue weighted by Crippen LogP contribution is -2.39. The number of hydrogen-bond donors (Lipinski definition) is 3. The topological polar surface area (TPSA) is 78.4 Å². The van der Waals surface area contributed by atoms with Crippen LogP contribution in [0.3, 0.4) is 0 Å². The van der Waals surface area contributed by atoms with Crippen LogP contribution >= 0.6 is 0 Å². The van der Waals surface area contributed by atoms with Crippen LogP contribution < -0.4 is 10.6 Å². The van der Waals surface area contributed by atoms with Gasteiger partial charge in [-0.15, -0.1) is 0 Å². The normalized spacial score (nSPS) is 14.5. The highest BCUT2D eigenvalue weighted by atomic mass is 16.4. The fraction of sp³-hybridized carbons (Fsp3) is 0.875. The van der Waals surface area contributed by atoms with Crippen molar-refractivity contribution in [2.24, 2.45) is 11.3 Å². The Morgan fingerprint density at radius 2 is 1.81 bits per heavy atom. The minimum atomic E-state index is -0.758. The summed E-state index contributed by atoms with van der Waals surface area (Å²) in [6.07, 6.45) is 2.64. The zero-order chi connectivity index (χ0) is 16.5. The summed E-state index contributed by atoms with van der Waals surface area (Å²) in [7, 11) is 0. The van der Waals surface area contributed by atoms with E-state index in [9.17, 15) is 9.59 Å². The van der Waals surface area contributed by atoms with Gasteiger partial charge in [0.2, 0.25) is 5.91 Å². The quantitative estimate of drug-likeness (QED) is 0.579. The van der Waals surface area contributed by atoms with Crippen molar-refractivity contribution in [1.29, 1.82) is 0 Å². The van der Waals surface area contributed by atoms with Gasteiger partial charge >= 0.3 is 5.97 Å². The number of hydrogen-bond acceptors (Lipinski definition) is 3. The minimum Gasteiger partial charge on any atom is -0.481 e. The van der Waals surface area contributed by atoms with E-state index in [2.05, 4.69) is 45.3 Å². The Kier molecular flexibility index (Phi) is 9.26. The average Bonchev–Trinajstić information content (AvgIpc) is 2.37. The van der Waals surface area contributed by atoms with Gasteiger partial charge in [0.25, 0.3) is 0 Å². The number of carboxylic acid groups (broad SMARTS) is 1. The molecule has 0 fully saturated rings. The number of carbonyl (C=O) groups excluding carboxylic acids is 1. The van der Waals surface area contributed by atoms with Crippen LogP contribution in [0.25, 0.3) is 0 Å². The molecule has 0 saturated carbocycles. The van der Waals surface area contributed by atoms with E-state index in [0.29, 0.717) is 25.6 Å². The molecule has 0 aliphatic rings. The minimum absolute atomic E-state index is 0.00111. The van der Waals surface area contributed by atoms with E-state index < -0.39 is 5.97 Å². The zero-order valence-corrected chi connectivity index (χ0v) is 14.2. The standard InChI is InChI=1S/C16H32N2O3/c1-6-12(2)18-11-14(19)17-10-9-13(16(3,4)5)7-8-15(20)21/h12-13,18H,6-11H2,1-5H3,(H,17,19)(H,20,21). The molecule has 1 amide bonds. The van der Waals surface area contributed by atoms with Crippen molar-refractivity contribution in [2.45, 2.75) is 66.3 Å². The number of amides is 1. The maximum absolute atomic E-state index is 11.7. The third-order valence-electron chi connectivity index (χ3n) is 3.97. The van der Waals surface area contributed by atoms with E-state index in [1.165, 1.54) is 0 Å². The Bertz CT molecular complexity index is 324. The molecular weight excluding hydrogens is 268 g/mol. The van der Waals surface area contributed by atoms with Crippen molar-refractivity contribution in [3.05, 3.63) is 0 Å². The third kappa shape index (κ3) is 10.3. The van der Waals surface area contributed by atoms with Crippen LogP contribution in [0.2, 0.25) is 0 Å². The molecule has 0 radical (unpaired) electrons. The number of aliphatic carboxylic acids is 1. The van der Waals surface area contributed by atoms with Crippen LogP contribution in [-0.2, 0) is 9.59 Å². The Morgan fingerprint density at radius 3 is 2.29 bits per heavy atom. The molecule has 0 aliphatic heterocycles. The molecule has 0 aromatic rings. The fourth-order valence-corrected chi connectivity index (χ4v) is 2.17. The van der Waals surface area contributed by atoms with Gasteiger partial charge in [0, 0.05) is 19.0 Å². The second-order valence-electron chi connectivity index (χ2n) is 6.82. The Labute approximate surface area is 128 Å². The summed E-state index contributed by atoms with van der Waals surface area (Å²) in [5, 5.41) is 14.9. The van der Waals surface area contributed by atoms with E-state index in [0.717, 1.165) is 12.8 Å². The van der Waals surface area contributed by atoms with Gasteiger partial charge in [0.1, 0.15) is 0 Å². The molecule has 0 heterocycles. The van der Waals surface area contributed by atoms with E-state index in [1.807, 2.05) is 0 Å². The molecule has 21 heavy (non-hydrogen) atoms. The number of rotatable bonds is 10. The fourth-order valence-electron chi connectivity index (χ4n) is 2.17. The second kappa shape index (κ2) is 9.77. The SMILES string of the molecule is CCC(C)NCC(=O)NCCC(CCC(=O)O)C(C)(C)C. The van der Waals surface area contributed by atoms with Gasteiger partial charge < -0.3 is 15.7 Å². The number of carbonyl (C=O) groups is 2. The van der Waals surface area contributed by atoms with Gasteiger partial charge in [-0.1, -0.05) is 27.7 Å². The molecule has 0 rings (SSSR count). The first-order valence-electron chi connectivity index (χ1n) is 7.88. The third-order valence-corrected chi connectivity index (χ3v) is 3.97. The van der Waals surface area contributed by atoms with Crippen molar-refractivity contribution < 1.29 is 14.7 Å². The summed E-state index contributed by atoms with van der Waals surface area (Å²) in [6.45, 7) is 11.4. The van der Waals surface area contributed by atoms with Gasteiger partial charge in [-0.05, 0) is 37.5 Å². The van der Waals surface area contributed by atoms with Gasteiger partial charge in [-0.25, -0.2) is 0 Å². The molecule has 0 aromatic heterocycles. The molecule has 0 aliphatic carbocycles. The van der Waals surface area contributed by atoms with E-state index in [1.54, 1.807) is 0 Å². The molecule has 5 heteroatoms. The van der Waals surface area contributed by atoms with Crippen molar-refractivity contribution in [3.8, 4) is 0 Å². The predicted molar refractivity (Wildman–Crippen MR) is 85.2 cm³/mol. The van der Waals surface area contributed by atoms with Gasteiger partial charge in [0.15, 0.2) is 0 Å². The van der Waals surface area contributed by atoms with Crippen LogP contribution in [0, 0.1) is 11.3 Å². The van der Waals surface area contributed by atoms with Gasteiger partial charge in [-0.3, -0.25) is 9.59 Å². The monoisotopic (exact) mass is 300 g/mol. The second-order valence-corrected chi connectivity index (χ2v) is 6.82. The smallest absolute Gasteiger partial charge is 0.303 e. The lowest BCUT2D eigenvalue weighted by atomic mass is 9.76. The largest absolute Gasteiger partial charge is 0.481 e. The first kappa shape index (κ1) is 19.9. The predicted octanol–water partition coefficient (Wildman–Crippen LogP) is 2.41. The van der Waals surface area contributed by atoms with Crippen LogP contribution in [0.1, 0.15) is 60.3 Å². The van der Waals surface area contributed by atoms with Crippen molar-refractivity contribution >= 4 is 11.9 Å². The lowest BCUT2D eigenvalue weighted by Gasteiger charge is -2.30. The highest BCUT2D eigenvalue weighted by Gasteiger charge is 2.24. The highest BCUT2D eigenvalue weighted by molar-refractivity contribution is 5.77. The number of nitrogens with one attached hydrogen (secondary N) is 2. The molecule has 124 valence electrons. The van der Waals surface area contributed by atoms with Crippen LogP contribution in [0.5, 0.6) is 0 Å². The maximum atomic E-state index is 11.7. The molecular formula is C16H32N2O3. The first-order valence-corrected chi connectivity index (χ1v) is 7.88. The van der Waals surface area contributed by atoms with E-state index in [4.69, 9.17) is 5.11 Å². The van der Waals surface area contributed by atoms with Crippen LogP contribution in [0.4, 0.5) is 0 Å². The maximum Gasteiger partial charge on any atom is 0.303 e. The Balaban J connectivity index is 4.07. The van der Waals surface area contributed by atoms with Gasteiger partial charge in [0.05, 0.1) is 6.54 Å². The van der Waals surface area contributed by atoms with E-state index in [-0.39, 0.29) is 23.7 Å². The molecule has 0 aromatic carbocycles. The Morgan fingerprint density at radius 1 is 1.19 bits per heavy atom. The van der Waals surface area contributed by atoms with Crippen LogP contribution in [-0.4, -0.2) is 36.1 Å². The van der Waals surface area contributed by atoms with Crippen LogP contribution in [0.15, 0.2) is 0 Å². The van der Waals surface area contributed by atoms with Crippen molar-refractivity contribution in [2.75, 3.05) is 13.1 Å². The molecule has 0 spiro atoms. The molecule has 3 N–H and O–H groups in total. The molecule has 2 atom stereocenters. The highest BCUT2D eigenvalue weighted by Crippen LogP contribution is 2.32. The molecule has 0 saturated heterocycles. The summed E-state index contributed by atoms with van der Waals surface area (Å²) in [4.78, 5) is 22.4. The summed E-state index contributed by atoms with van der Waals surface area (Å²) in [5.74, 6) is -0.469. The zero-order valence-electron chi connectivity index (χ0n) is 14.2.